The summed E-state index contributed by atoms with van der Waals surface area (Å²) >= 11 is 0. The van der Waals surface area contributed by atoms with Gasteiger partial charge in [0.05, 0.1) is 18.5 Å². The van der Waals surface area contributed by atoms with Crippen LogP contribution in [0.5, 0.6) is 0 Å². The lowest BCUT2D eigenvalue weighted by atomic mass is 10.4. The third-order valence-electron chi connectivity index (χ3n) is 3.54. The van der Waals surface area contributed by atoms with Crippen molar-refractivity contribution >= 4 is 13.4 Å². The third-order valence-corrected chi connectivity index (χ3v) is 7.72. The number of nitrogens with zero attached hydrogens (tertiary/aromatic N) is 1. The minimum absolute atomic E-state index is 0. The molecule has 130 valence electrons. The normalized spacial score (nSPS) is 10.2. The van der Waals surface area contributed by atoms with Gasteiger partial charge in [-0.25, -0.2) is 4.79 Å². The van der Waals surface area contributed by atoms with Gasteiger partial charge in [0.1, 0.15) is 0 Å². The summed E-state index contributed by atoms with van der Waals surface area (Å²) in [6.45, 7) is 9.59. The molecule has 0 aliphatic rings. The SMILES string of the molecule is CCCC[P+](C)(CCCC)CCCC.CN(C)C(=O)O.N. The molecular weight excluding hydrogens is 283 g/mol. The first-order chi connectivity index (χ1) is 9.32. The average molecular weight is 323 g/mol. The van der Waals surface area contributed by atoms with Crippen LogP contribution < -0.4 is 6.15 Å². The summed E-state index contributed by atoms with van der Waals surface area (Å²) in [5.74, 6) is 0. The van der Waals surface area contributed by atoms with Gasteiger partial charge in [-0.3, -0.25) is 0 Å². The quantitative estimate of drug-likeness (QED) is 0.556. The van der Waals surface area contributed by atoms with E-state index in [1.54, 1.807) is 18.5 Å². The zero-order chi connectivity index (χ0) is 16.0. The highest BCUT2D eigenvalue weighted by Crippen LogP contribution is 2.57. The Kier molecular flexibility index (Phi) is 19.6. The van der Waals surface area contributed by atoms with Gasteiger partial charge in [-0.15, -0.1) is 0 Å². The van der Waals surface area contributed by atoms with E-state index in [1.165, 1.54) is 52.6 Å². The molecule has 0 unspecified atom stereocenters. The lowest BCUT2D eigenvalue weighted by molar-refractivity contribution is 0.165. The fraction of sp³-hybridized carbons (Fsp3) is 0.938. The van der Waals surface area contributed by atoms with Gasteiger partial charge in [-0.2, -0.15) is 0 Å². The highest BCUT2D eigenvalue weighted by molar-refractivity contribution is 7.75. The van der Waals surface area contributed by atoms with Gasteiger partial charge in [0.15, 0.2) is 0 Å². The zero-order valence-corrected chi connectivity index (χ0v) is 16.2. The van der Waals surface area contributed by atoms with E-state index >= 15 is 0 Å². The first-order valence-corrected chi connectivity index (χ1v) is 10.9. The number of carboxylic acid groups (broad SMARTS) is 1. The van der Waals surface area contributed by atoms with Gasteiger partial charge < -0.3 is 16.2 Å². The first kappa shape index (κ1) is 25.6. The van der Waals surface area contributed by atoms with Crippen molar-refractivity contribution in [3.63, 3.8) is 0 Å². The lowest BCUT2D eigenvalue weighted by Crippen LogP contribution is -2.18. The topological polar surface area (TPSA) is 75.5 Å². The smallest absolute Gasteiger partial charge is 0.406 e. The van der Waals surface area contributed by atoms with E-state index in [4.69, 9.17) is 5.11 Å². The van der Waals surface area contributed by atoms with Crippen molar-refractivity contribution in [3.8, 4) is 0 Å². The van der Waals surface area contributed by atoms with E-state index in [-0.39, 0.29) is 6.15 Å². The maximum Gasteiger partial charge on any atom is 0.406 e. The van der Waals surface area contributed by atoms with Gasteiger partial charge in [0.25, 0.3) is 0 Å². The zero-order valence-electron chi connectivity index (χ0n) is 15.3. The molecule has 4 nitrogen and oxygen atoms in total. The van der Waals surface area contributed by atoms with Crippen LogP contribution in [0.4, 0.5) is 4.79 Å². The number of rotatable bonds is 9. The van der Waals surface area contributed by atoms with Crippen LogP contribution in [0.25, 0.3) is 0 Å². The molecule has 0 bridgehead atoms. The molecule has 0 aliphatic carbocycles. The first-order valence-electron chi connectivity index (χ1n) is 8.06. The molecule has 0 saturated heterocycles. The van der Waals surface area contributed by atoms with Crippen LogP contribution in [0.3, 0.4) is 0 Å². The summed E-state index contributed by atoms with van der Waals surface area (Å²) in [5, 5.41) is 7.92. The second kappa shape index (κ2) is 16.0. The van der Waals surface area contributed by atoms with Crippen molar-refractivity contribution in [2.45, 2.75) is 59.3 Å². The Morgan fingerprint density at radius 3 is 1.29 bits per heavy atom. The van der Waals surface area contributed by atoms with Crippen LogP contribution in [0, 0.1) is 0 Å². The van der Waals surface area contributed by atoms with Crippen molar-refractivity contribution < 1.29 is 9.90 Å². The largest absolute Gasteiger partial charge is 0.465 e. The molecule has 0 aromatic carbocycles. The third kappa shape index (κ3) is 17.6. The predicted octanol–water partition coefficient (Wildman–Crippen LogP) is 5.42. The Labute approximate surface area is 133 Å². The number of hydrogen-bond acceptors (Lipinski definition) is 2. The van der Waals surface area contributed by atoms with Crippen molar-refractivity contribution in [2.24, 2.45) is 0 Å². The molecule has 1 amide bonds. The monoisotopic (exact) mass is 323 g/mol. The molecular formula is C16H40N2O2P+. The highest BCUT2D eigenvalue weighted by Gasteiger charge is 2.28. The second-order valence-corrected chi connectivity index (χ2v) is 10.6. The molecule has 0 rings (SSSR count). The van der Waals surface area contributed by atoms with E-state index in [9.17, 15) is 4.79 Å². The molecule has 0 atom stereocenters. The van der Waals surface area contributed by atoms with Crippen molar-refractivity contribution in [3.05, 3.63) is 0 Å². The minimum atomic E-state index is -0.907. The number of hydrogen-bond donors (Lipinski definition) is 2. The summed E-state index contributed by atoms with van der Waals surface area (Å²) in [7, 11) is 2.43. The summed E-state index contributed by atoms with van der Waals surface area (Å²) in [4.78, 5) is 10.7. The van der Waals surface area contributed by atoms with Crippen LogP contribution >= 0.6 is 7.26 Å². The molecule has 4 N–H and O–H groups in total. The maximum atomic E-state index is 9.62. The van der Waals surface area contributed by atoms with E-state index in [0.717, 1.165) is 4.90 Å². The molecule has 21 heavy (non-hydrogen) atoms. The second-order valence-electron chi connectivity index (χ2n) is 6.03. The molecule has 0 fully saturated rings. The molecule has 0 aromatic heterocycles. The van der Waals surface area contributed by atoms with E-state index < -0.39 is 13.4 Å². The Bertz CT molecular complexity index is 215. The number of amides is 1. The van der Waals surface area contributed by atoms with E-state index in [1.807, 2.05) is 0 Å². The molecule has 0 saturated carbocycles. The molecule has 5 heteroatoms. The van der Waals surface area contributed by atoms with Gasteiger partial charge in [0, 0.05) is 28.0 Å². The van der Waals surface area contributed by atoms with Crippen LogP contribution in [0.1, 0.15) is 59.3 Å². The standard InChI is InChI=1S/C13H30P.C3H7NO2.H3N/c1-5-8-11-14(4,12-9-6-2)13-10-7-3;1-4(2)3(5)6;/h5-13H2,1-4H3;1-2H3,(H,5,6);1H3/q+1;;. The van der Waals surface area contributed by atoms with Crippen LogP contribution in [0.2, 0.25) is 0 Å². The Morgan fingerprint density at radius 1 is 0.905 bits per heavy atom. The summed E-state index contributed by atoms with van der Waals surface area (Å²) in [6.07, 6.45) is 12.3. The minimum Gasteiger partial charge on any atom is -0.465 e. The molecule has 0 aromatic rings. The van der Waals surface area contributed by atoms with Crippen molar-refractivity contribution in [2.75, 3.05) is 39.2 Å². The molecule has 0 heterocycles. The Morgan fingerprint density at radius 2 is 1.14 bits per heavy atom. The fourth-order valence-corrected chi connectivity index (χ4v) is 5.86. The Balaban J connectivity index is -0.000000394. The van der Waals surface area contributed by atoms with Gasteiger partial charge in [-0.05, 0) is 19.3 Å². The number of carbonyl (C=O) groups is 1. The summed E-state index contributed by atoms with van der Waals surface area (Å²) in [6, 6.07) is 0. The maximum absolute atomic E-state index is 9.62. The van der Waals surface area contributed by atoms with Gasteiger partial charge >= 0.3 is 6.09 Å². The predicted molar refractivity (Wildman–Crippen MR) is 98.9 cm³/mol. The Hall–Kier alpha value is -0.340. The van der Waals surface area contributed by atoms with Crippen molar-refractivity contribution in [1.82, 2.24) is 11.1 Å². The van der Waals surface area contributed by atoms with Gasteiger partial charge in [-0.1, -0.05) is 40.0 Å². The summed E-state index contributed by atoms with van der Waals surface area (Å²) in [5.41, 5.74) is 0. The molecule has 0 radical (unpaired) electrons. The molecule has 0 aliphatic heterocycles. The van der Waals surface area contributed by atoms with Crippen LogP contribution in [-0.2, 0) is 0 Å². The van der Waals surface area contributed by atoms with Crippen molar-refractivity contribution in [1.29, 1.82) is 0 Å². The fourth-order valence-electron chi connectivity index (χ4n) is 1.95. The van der Waals surface area contributed by atoms with E-state index in [0.29, 0.717) is 0 Å². The summed E-state index contributed by atoms with van der Waals surface area (Å²) < 4.78 is 0. The van der Waals surface area contributed by atoms with E-state index in [2.05, 4.69) is 27.4 Å². The van der Waals surface area contributed by atoms with Gasteiger partial charge in [0.2, 0.25) is 0 Å². The average Bonchev–Trinajstić information content (AvgIpc) is 2.41. The number of unbranched alkanes of at least 4 members (excludes halogenated alkanes) is 3. The van der Waals surface area contributed by atoms with Crippen LogP contribution in [-0.4, -0.2) is 55.3 Å². The van der Waals surface area contributed by atoms with Crippen LogP contribution in [0.15, 0.2) is 0 Å². The lowest BCUT2D eigenvalue weighted by Gasteiger charge is -2.22. The highest BCUT2D eigenvalue weighted by atomic mass is 31.2. The molecule has 0 spiro atoms.